The SMILES string of the molecule is CC1(C)C2=C(NC(c3cccc4c5ccccc5c5ccccc5c34)C(n3c4cc5ccccc5cc4c4ccc5ccccc5c43)=N2)c2ccccc21. The van der Waals surface area contributed by atoms with Crippen LogP contribution in [0.3, 0.4) is 0 Å². The number of hydrogen-bond acceptors (Lipinski definition) is 2. The Hall–Kier alpha value is -6.71. The lowest BCUT2D eigenvalue weighted by molar-refractivity contribution is 0.619. The Kier molecular flexibility index (Phi) is 5.90. The maximum Gasteiger partial charge on any atom is 0.141 e. The molecule has 0 saturated heterocycles. The van der Waals surface area contributed by atoms with Crippen LogP contribution >= 0.6 is 0 Å². The summed E-state index contributed by atoms with van der Waals surface area (Å²) in [5, 5.41) is 19.2. The molecule has 0 spiro atoms. The molecule has 54 heavy (non-hydrogen) atoms. The monoisotopic (exact) mass is 689 g/mol. The minimum atomic E-state index is -0.287. The van der Waals surface area contributed by atoms with Crippen molar-refractivity contribution in [2.24, 2.45) is 4.99 Å². The van der Waals surface area contributed by atoms with Crippen molar-refractivity contribution in [3.8, 4) is 0 Å². The number of hydrogen-bond donors (Lipinski definition) is 1. The second-order valence-electron chi connectivity index (χ2n) is 15.5. The zero-order valence-corrected chi connectivity index (χ0v) is 30.1. The third kappa shape index (κ3) is 3.88. The van der Waals surface area contributed by atoms with Gasteiger partial charge in [0.05, 0.1) is 22.4 Å². The summed E-state index contributed by atoms with van der Waals surface area (Å²) in [5.74, 6) is 0.992. The van der Waals surface area contributed by atoms with Crippen LogP contribution < -0.4 is 5.32 Å². The summed E-state index contributed by atoms with van der Waals surface area (Å²) in [6.07, 6.45) is 0. The molecule has 254 valence electrons. The van der Waals surface area contributed by atoms with Crippen LogP contribution in [0.15, 0.2) is 174 Å². The van der Waals surface area contributed by atoms with Crippen LogP contribution in [0.5, 0.6) is 0 Å². The van der Waals surface area contributed by atoms with E-state index in [-0.39, 0.29) is 11.5 Å². The minimum absolute atomic E-state index is 0.261. The Bertz CT molecular complexity index is 3290. The van der Waals surface area contributed by atoms with Crippen LogP contribution in [0, 0.1) is 0 Å². The molecule has 1 aliphatic carbocycles. The molecule has 12 rings (SSSR count). The van der Waals surface area contributed by atoms with Crippen molar-refractivity contribution in [1.29, 1.82) is 0 Å². The van der Waals surface area contributed by atoms with Crippen molar-refractivity contribution in [2.45, 2.75) is 25.3 Å². The topological polar surface area (TPSA) is 29.3 Å². The summed E-state index contributed by atoms with van der Waals surface area (Å²) >= 11 is 0. The second-order valence-corrected chi connectivity index (χ2v) is 15.5. The van der Waals surface area contributed by atoms with Crippen LogP contribution in [0.4, 0.5) is 0 Å². The van der Waals surface area contributed by atoms with Crippen LogP contribution in [0.2, 0.25) is 0 Å². The fourth-order valence-electron chi connectivity index (χ4n) is 9.86. The summed E-state index contributed by atoms with van der Waals surface area (Å²) in [5.41, 5.74) is 8.04. The molecule has 0 saturated carbocycles. The van der Waals surface area contributed by atoms with Crippen LogP contribution in [0.25, 0.3) is 81.4 Å². The van der Waals surface area contributed by atoms with Crippen molar-refractivity contribution >= 4 is 87.2 Å². The van der Waals surface area contributed by atoms with E-state index >= 15 is 0 Å². The average Bonchev–Trinajstić information content (AvgIpc) is 3.66. The number of rotatable bonds is 1. The molecule has 0 bridgehead atoms. The first-order chi connectivity index (χ1) is 26.6. The molecule has 2 heterocycles. The molecule has 0 amide bonds. The Labute approximate surface area is 312 Å². The highest BCUT2D eigenvalue weighted by Gasteiger charge is 2.43. The van der Waals surface area contributed by atoms with Crippen molar-refractivity contribution < 1.29 is 0 Å². The third-order valence-corrected chi connectivity index (χ3v) is 12.3. The largest absolute Gasteiger partial charge is 0.369 e. The first kappa shape index (κ1) is 29.8. The number of nitrogens with one attached hydrogen (secondary N) is 1. The highest BCUT2D eigenvalue weighted by atomic mass is 15.2. The number of nitrogens with zero attached hydrogens (tertiary/aromatic N) is 2. The van der Waals surface area contributed by atoms with Crippen molar-refractivity contribution in [1.82, 2.24) is 9.88 Å². The van der Waals surface area contributed by atoms with Gasteiger partial charge in [-0.05, 0) is 71.7 Å². The van der Waals surface area contributed by atoms with Gasteiger partial charge in [-0.3, -0.25) is 4.57 Å². The predicted molar refractivity (Wildman–Crippen MR) is 229 cm³/mol. The molecule has 1 atom stereocenters. The summed E-state index contributed by atoms with van der Waals surface area (Å²) < 4.78 is 2.50. The van der Waals surface area contributed by atoms with Gasteiger partial charge in [-0.2, -0.15) is 0 Å². The van der Waals surface area contributed by atoms with E-state index < -0.39 is 0 Å². The van der Waals surface area contributed by atoms with E-state index in [0.29, 0.717) is 0 Å². The molecule has 9 aromatic carbocycles. The predicted octanol–water partition coefficient (Wildman–Crippen LogP) is 12.8. The summed E-state index contributed by atoms with van der Waals surface area (Å²) in [6.45, 7) is 4.65. The van der Waals surface area contributed by atoms with Crippen LogP contribution in [-0.4, -0.2) is 10.4 Å². The number of allylic oxidation sites excluding steroid dienone is 1. The Morgan fingerprint density at radius 3 is 1.87 bits per heavy atom. The van der Waals surface area contributed by atoms with Gasteiger partial charge in [-0.1, -0.05) is 166 Å². The van der Waals surface area contributed by atoms with E-state index in [0.717, 1.165) is 17.2 Å². The number of aromatic nitrogens is 1. The Morgan fingerprint density at radius 2 is 1.11 bits per heavy atom. The van der Waals surface area contributed by atoms with Gasteiger partial charge < -0.3 is 5.32 Å². The van der Waals surface area contributed by atoms with E-state index in [1.165, 1.54) is 92.4 Å². The number of benzene rings is 9. The lowest BCUT2D eigenvalue weighted by Crippen LogP contribution is -2.36. The van der Waals surface area contributed by atoms with Gasteiger partial charge in [0.25, 0.3) is 0 Å². The molecule has 0 radical (unpaired) electrons. The first-order valence-electron chi connectivity index (χ1n) is 18.9. The second kappa shape index (κ2) is 10.7. The molecular weight excluding hydrogens is 655 g/mol. The van der Waals surface area contributed by atoms with Crippen molar-refractivity contribution in [3.63, 3.8) is 0 Å². The van der Waals surface area contributed by atoms with E-state index in [4.69, 9.17) is 4.99 Å². The fraction of sp³-hybridized carbons (Fsp3) is 0.0784. The van der Waals surface area contributed by atoms with Crippen molar-refractivity contribution in [2.75, 3.05) is 0 Å². The fourth-order valence-corrected chi connectivity index (χ4v) is 9.86. The summed E-state index contributed by atoms with van der Waals surface area (Å²) in [7, 11) is 0. The van der Waals surface area contributed by atoms with Gasteiger partial charge in [-0.25, -0.2) is 4.99 Å². The Balaban J connectivity index is 1.26. The average molecular weight is 690 g/mol. The van der Waals surface area contributed by atoms with E-state index in [9.17, 15) is 0 Å². The minimum Gasteiger partial charge on any atom is -0.369 e. The molecule has 1 N–H and O–H groups in total. The molecule has 10 aromatic rings. The van der Waals surface area contributed by atoms with Gasteiger partial charge in [0.2, 0.25) is 0 Å². The van der Waals surface area contributed by atoms with Crippen LogP contribution in [-0.2, 0) is 5.41 Å². The maximum atomic E-state index is 5.94. The third-order valence-electron chi connectivity index (χ3n) is 12.3. The Morgan fingerprint density at radius 1 is 0.519 bits per heavy atom. The lowest BCUT2D eigenvalue weighted by Gasteiger charge is -2.32. The zero-order valence-electron chi connectivity index (χ0n) is 30.1. The molecular formula is C51H35N3. The van der Waals surface area contributed by atoms with Gasteiger partial charge in [-0.15, -0.1) is 0 Å². The normalized spacial score (nSPS) is 16.5. The first-order valence-corrected chi connectivity index (χ1v) is 18.9. The van der Waals surface area contributed by atoms with Gasteiger partial charge >= 0.3 is 0 Å². The standard InChI is InChI=1S/C51H35N3/c1-51(2)43-25-12-11-22-40(43)46-49(51)53-50(47(52-46)41-24-13-23-38-36-19-8-7-18-34(36)35-20-9-10-21-37(35)45(38)41)54-44-29-32-16-4-3-15-31(32)28-42(44)39-27-26-30-14-5-6-17-33(30)48(39)54/h3-29,47,52H,1-2H3. The molecule has 3 nitrogen and oxygen atoms in total. The van der Waals surface area contributed by atoms with E-state index in [1.54, 1.807) is 0 Å². The van der Waals surface area contributed by atoms with Gasteiger partial charge in [0, 0.05) is 27.1 Å². The summed E-state index contributed by atoms with van der Waals surface area (Å²) in [4.78, 5) is 5.94. The molecule has 1 aliphatic heterocycles. The molecule has 0 fully saturated rings. The van der Waals surface area contributed by atoms with E-state index in [2.05, 4.69) is 188 Å². The smallest absolute Gasteiger partial charge is 0.141 e. The maximum absolute atomic E-state index is 5.94. The number of aliphatic imine (C=N–C) groups is 1. The van der Waals surface area contributed by atoms with Gasteiger partial charge in [0.15, 0.2) is 0 Å². The highest BCUT2D eigenvalue weighted by Crippen LogP contribution is 2.50. The molecule has 2 aliphatic rings. The lowest BCUT2D eigenvalue weighted by atomic mass is 9.84. The van der Waals surface area contributed by atoms with Crippen molar-refractivity contribution in [3.05, 3.63) is 186 Å². The molecule has 1 aromatic heterocycles. The molecule has 3 heteroatoms. The summed E-state index contributed by atoms with van der Waals surface area (Å²) in [6, 6.07) is 60.1. The molecule has 1 unspecified atom stereocenters. The number of fused-ring (bicyclic) bond motifs is 14. The quantitative estimate of drug-likeness (QED) is 0.171. The van der Waals surface area contributed by atoms with E-state index in [1.807, 2.05) is 0 Å². The zero-order chi connectivity index (χ0) is 35.7. The highest BCUT2D eigenvalue weighted by molar-refractivity contribution is 6.28. The van der Waals surface area contributed by atoms with Crippen LogP contribution in [0.1, 0.15) is 36.6 Å². The van der Waals surface area contributed by atoms with Gasteiger partial charge in [0.1, 0.15) is 11.9 Å².